The van der Waals surface area contributed by atoms with E-state index in [4.69, 9.17) is 4.74 Å². The van der Waals surface area contributed by atoms with E-state index in [-0.39, 0.29) is 12.5 Å². The monoisotopic (exact) mass is 361 g/mol. The van der Waals surface area contributed by atoms with Gasteiger partial charge in [-0.3, -0.25) is 4.79 Å². The number of rotatable bonds is 6. The molecule has 1 amide bonds. The lowest BCUT2D eigenvalue weighted by atomic mass is 10.1. The van der Waals surface area contributed by atoms with Crippen LogP contribution in [0.2, 0.25) is 0 Å². The Hall–Kier alpha value is -3.08. The quantitative estimate of drug-likeness (QED) is 0.727. The SMILES string of the molecule is Cc1cc(NC(=O)COc2ccc3c(c2)CCC3)n(Cc2ccccc2)n1. The van der Waals surface area contributed by atoms with E-state index in [9.17, 15) is 4.79 Å². The maximum atomic E-state index is 12.4. The fourth-order valence-electron chi connectivity index (χ4n) is 3.49. The molecular weight excluding hydrogens is 338 g/mol. The van der Waals surface area contributed by atoms with Crippen molar-refractivity contribution in [3.05, 3.63) is 77.0 Å². The maximum Gasteiger partial charge on any atom is 0.263 e. The second kappa shape index (κ2) is 7.66. The Labute approximate surface area is 159 Å². The van der Waals surface area contributed by atoms with Crippen LogP contribution in [0, 0.1) is 6.92 Å². The molecule has 1 aliphatic rings. The molecule has 0 spiro atoms. The average molecular weight is 361 g/mol. The highest BCUT2D eigenvalue weighted by Crippen LogP contribution is 2.26. The van der Waals surface area contributed by atoms with E-state index < -0.39 is 0 Å². The summed E-state index contributed by atoms with van der Waals surface area (Å²) in [4.78, 5) is 12.4. The molecule has 1 aliphatic carbocycles. The van der Waals surface area contributed by atoms with E-state index >= 15 is 0 Å². The molecule has 2 aromatic carbocycles. The number of ether oxygens (including phenoxy) is 1. The fourth-order valence-corrected chi connectivity index (χ4v) is 3.49. The predicted octanol–water partition coefficient (Wildman–Crippen LogP) is 3.75. The molecule has 1 heterocycles. The average Bonchev–Trinajstić information content (AvgIpc) is 3.27. The third kappa shape index (κ3) is 4.19. The molecule has 5 nitrogen and oxygen atoms in total. The predicted molar refractivity (Wildman–Crippen MR) is 105 cm³/mol. The van der Waals surface area contributed by atoms with Crippen molar-refractivity contribution in [2.45, 2.75) is 32.7 Å². The molecule has 27 heavy (non-hydrogen) atoms. The van der Waals surface area contributed by atoms with Crippen molar-refractivity contribution in [2.75, 3.05) is 11.9 Å². The van der Waals surface area contributed by atoms with E-state index in [1.165, 1.54) is 17.5 Å². The number of nitrogens with zero attached hydrogens (tertiary/aromatic N) is 2. The van der Waals surface area contributed by atoms with Gasteiger partial charge in [0.2, 0.25) is 0 Å². The Balaban J connectivity index is 1.38. The third-order valence-corrected chi connectivity index (χ3v) is 4.78. The molecule has 138 valence electrons. The molecule has 1 N–H and O–H groups in total. The number of carbonyl (C=O) groups excluding carboxylic acids is 1. The Bertz CT molecular complexity index is 947. The second-order valence-electron chi connectivity index (χ2n) is 6.94. The molecule has 0 atom stereocenters. The summed E-state index contributed by atoms with van der Waals surface area (Å²) in [7, 11) is 0. The summed E-state index contributed by atoms with van der Waals surface area (Å²) < 4.78 is 7.49. The van der Waals surface area contributed by atoms with E-state index in [0.29, 0.717) is 12.4 Å². The smallest absolute Gasteiger partial charge is 0.263 e. The van der Waals surface area contributed by atoms with Gasteiger partial charge in [0.1, 0.15) is 11.6 Å². The van der Waals surface area contributed by atoms with E-state index in [1.54, 1.807) is 4.68 Å². The molecular formula is C22H23N3O2. The minimum Gasteiger partial charge on any atom is -0.484 e. The molecule has 1 aromatic heterocycles. The van der Waals surface area contributed by atoms with Gasteiger partial charge in [0, 0.05) is 6.07 Å². The number of aromatic nitrogens is 2. The second-order valence-corrected chi connectivity index (χ2v) is 6.94. The lowest BCUT2D eigenvalue weighted by molar-refractivity contribution is -0.118. The zero-order chi connectivity index (χ0) is 18.6. The van der Waals surface area contributed by atoms with Gasteiger partial charge < -0.3 is 10.1 Å². The molecule has 0 fully saturated rings. The molecule has 0 radical (unpaired) electrons. The number of fused-ring (bicyclic) bond motifs is 1. The van der Waals surface area contributed by atoms with Gasteiger partial charge in [-0.1, -0.05) is 36.4 Å². The normalized spacial score (nSPS) is 12.6. The first kappa shape index (κ1) is 17.3. The summed E-state index contributed by atoms with van der Waals surface area (Å²) in [5.74, 6) is 1.24. The van der Waals surface area contributed by atoms with Gasteiger partial charge in [0.05, 0.1) is 12.2 Å². The Morgan fingerprint density at radius 1 is 1.11 bits per heavy atom. The zero-order valence-electron chi connectivity index (χ0n) is 15.4. The summed E-state index contributed by atoms with van der Waals surface area (Å²) in [5.41, 5.74) is 4.72. The molecule has 5 heteroatoms. The largest absolute Gasteiger partial charge is 0.484 e. The van der Waals surface area contributed by atoms with Crippen molar-refractivity contribution in [3.8, 4) is 5.75 Å². The third-order valence-electron chi connectivity index (χ3n) is 4.78. The highest BCUT2D eigenvalue weighted by molar-refractivity contribution is 5.91. The number of benzene rings is 2. The van der Waals surface area contributed by atoms with Crippen LogP contribution in [0.5, 0.6) is 5.75 Å². The highest BCUT2D eigenvalue weighted by Gasteiger charge is 2.13. The lowest BCUT2D eigenvalue weighted by Gasteiger charge is -2.11. The van der Waals surface area contributed by atoms with Crippen LogP contribution in [-0.2, 0) is 24.2 Å². The van der Waals surface area contributed by atoms with Gasteiger partial charge in [-0.05, 0) is 55.0 Å². The Morgan fingerprint density at radius 3 is 2.78 bits per heavy atom. The van der Waals surface area contributed by atoms with E-state index in [0.717, 1.165) is 29.8 Å². The van der Waals surface area contributed by atoms with Gasteiger partial charge in [-0.15, -0.1) is 0 Å². The van der Waals surface area contributed by atoms with Crippen LogP contribution in [0.1, 0.15) is 28.8 Å². The number of anilines is 1. The van der Waals surface area contributed by atoms with Crippen LogP contribution in [0.4, 0.5) is 5.82 Å². The van der Waals surface area contributed by atoms with Crippen LogP contribution >= 0.6 is 0 Å². The molecule has 0 saturated heterocycles. The highest BCUT2D eigenvalue weighted by atomic mass is 16.5. The Morgan fingerprint density at radius 2 is 1.93 bits per heavy atom. The van der Waals surface area contributed by atoms with E-state index in [1.807, 2.05) is 49.4 Å². The van der Waals surface area contributed by atoms with Crippen molar-refractivity contribution >= 4 is 11.7 Å². The minimum atomic E-state index is -0.190. The summed E-state index contributed by atoms with van der Waals surface area (Å²) in [6, 6.07) is 18.0. The first-order valence-corrected chi connectivity index (χ1v) is 9.30. The van der Waals surface area contributed by atoms with Gasteiger partial charge in [-0.25, -0.2) is 4.68 Å². The number of nitrogens with one attached hydrogen (secondary N) is 1. The van der Waals surface area contributed by atoms with Crippen LogP contribution < -0.4 is 10.1 Å². The summed E-state index contributed by atoms with van der Waals surface area (Å²) in [6.07, 6.45) is 3.43. The molecule has 4 rings (SSSR count). The van der Waals surface area contributed by atoms with Gasteiger partial charge in [0.25, 0.3) is 5.91 Å². The van der Waals surface area contributed by atoms with Crippen molar-refractivity contribution in [3.63, 3.8) is 0 Å². The fraction of sp³-hybridized carbons (Fsp3) is 0.273. The molecule has 3 aromatic rings. The molecule has 0 aliphatic heterocycles. The number of carbonyl (C=O) groups is 1. The van der Waals surface area contributed by atoms with Crippen molar-refractivity contribution in [2.24, 2.45) is 0 Å². The first-order chi connectivity index (χ1) is 13.2. The van der Waals surface area contributed by atoms with Gasteiger partial charge in [-0.2, -0.15) is 5.10 Å². The van der Waals surface area contributed by atoms with Crippen LogP contribution in [0.15, 0.2) is 54.6 Å². The van der Waals surface area contributed by atoms with Crippen molar-refractivity contribution in [1.82, 2.24) is 9.78 Å². The summed E-state index contributed by atoms with van der Waals surface area (Å²) >= 11 is 0. The number of hydrogen-bond acceptors (Lipinski definition) is 3. The van der Waals surface area contributed by atoms with Crippen LogP contribution in [0.25, 0.3) is 0 Å². The first-order valence-electron chi connectivity index (χ1n) is 9.30. The van der Waals surface area contributed by atoms with Gasteiger partial charge >= 0.3 is 0 Å². The topological polar surface area (TPSA) is 56.1 Å². The standard InChI is InChI=1S/C22H23N3O2/c1-16-12-21(25(24-16)14-17-6-3-2-4-7-17)23-22(26)15-27-20-11-10-18-8-5-9-19(18)13-20/h2-4,6-7,10-13H,5,8-9,14-15H2,1H3,(H,23,26). The number of hydrogen-bond donors (Lipinski definition) is 1. The molecule has 0 bridgehead atoms. The van der Waals surface area contributed by atoms with Crippen molar-refractivity contribution in [1.29, 1.82) is 0 Å². The summed E-state index contributed by atoms with van der Waals surface area (Å²) in [5, 5.41) is 7.39. The van der Waals surface area contributed by atoms with E-state index in [2.05, 4.69) is 22.5 Å². The maximum absolute atomic E-state index is 12.4. The Kier molecular flexibility index (Phi) is 4.92. The minimum absolute atomic E-state index is 0.0195. The van der Waals surface area contributed by atoms with Crippen molar-refractivity contribution < 1.29 is 9.53 Å². The van der Waals surface area contributed by atoms with Gasteiger partial charge in [0.15, 0.2) is 6.61 Å². The molecule has 0 unspecified atom stereocenters. The van der Waals surface area contributed by atoms with Crippen LogP contribution in [-0.4, -0.2) is 22.3 Å². The number of amides is 1. The molecule has 0 saturated carbocycles. The number of aryl methyl sites for hydroxylation is 3. The van der Waals surface area contributed by atoms with Crippen LogP contribution in [0.3, 0.4) is 0 Å². The summed E-state index contributed by atoms with van der Waals surface area (Å²) in [6.45, 7) is 2.50. The lowest BCUT2D eigenvalue weighted by Crippen LogP contribution is -2.22. The zero-order valence-corrected chi connectivity index (χ0v) is 15.4.